The van der Waals surface area contributed by atoms with Crippen molar-refractivity contribution in [2.75, 3.05) is 66.1 Å². The van der Waals surface area contributed by atoms with Crippen molar-refractivity contribution < 1.29 is 117 Å². The summed E-state index contributed by atoms with van der Waals surface area (Å²) in [5.74, 6) is -1.31. The molecule has 0 bridgehead atoms. The van der Waals surface area contributed by atoms with Crippen LogP contribution in [0.1, 0.15) is 10.4 Å². The molecule has 0 aromatic heterocycles. The van der Waals surface area contributed by atoms with Crippen LogP contribution >= 0.6 is 0 Å². The summed E-state index contributed by atoms with van der Waals surface area (Å²) in [6.45, 7) is -5.26. The lowest BCUT2D eigenvalue weighted by Gasteiger charge is -2.10. The monoisotopic (exact) mass is 748 g/mol. The van der Waals surface area contributed by atoms with Crippen molar-refractivity contribution in [3.8, 4) is 5.75 Å². The van der Waals surface area contributed by atoms with Crippen LogP contribution in [-0.2, 0) is 0 Å². The molecule has 302 valence electrons. The van der Waals surface area contributed by atoms with Crippen molar-refractivity contribution in [1.82, 2.24) is 0 Å². The zero-order valence-electron chi connectivity index (χ0n) is 26.9. The lowest BCUT2D eigenvalue weighted by Crippen LogP contribution is -2.31. The van der Waals surface area contributed by atoms with E-state index in [9.17, 15) is 4.79 Å². The van der Waals surface area contributed by atoms with E-state index >= 15 is 0 Å². The topological polar surface area (TPSA) is 462 Å². The number of aliphatic hydroxyl groups is 20. The van der Waals surface area contributed by atoms with Crippen molar-refractivity contribution >= 4 is 5.97 Å². The molecule has 0 aliphatic heterocycles. The maximum absolute atomic E-state index is 10.3. The van der Waals surface area contributed by atoms with E-state index < -0.39 is 133 Å². The molecule has 22 N–H and O–H groups in total. The molecule has 10 atom stereocenters. The second kappa shape index (κ2) is 37.9. The number of hydrogen-bond donors (Lipinski definition) is 22. The predicted octanol–water partition coefficient (Wildman–Crippen LogP) is -10.4. The SMILES string of the molecule is O=C(O)c1ccccc1O.OC[C@@H](O)[C@@H](O)CO.OC[C@@H](O)[C@@H](O)CO.OC[C@@H](O)[C@@H](O)CO.OC[C@@H](O)[C@@H](O)CO.OC[C@@H](O)[C@@H](O)CO. The zero-order chi connectivity index (χ0) is 40.4. The number of aromatic hydroxyl groups is 1. The van der Waals surface area contributed by atoms with Crippen LogP contribution in [0.2, 0.25) is 0 Å². The minimum Gasteiger partial charge on any atom is -0.507 e. The Hall–Kier alpha value is -2.31. The second-order valence-electron chi connectivity index (χ2n) is 9.32. The number of benzene rings is 1. The minimum atomic E-state index is -1.22. The van der Waals surface area contributed by atoms with Gasteiger partial charge in [-0.3, -0.25) is 0 Å². The first-order valence-corrected chi connectivity index (χ1v) is 14.2. The molecule has 0 unspecified atom stereocenters. The average Bonchev–Trinajstić information content (AvgIpc) is 3.15. The molecule has 0 aliphatic carbocycles. The van der Waals surface area contributed by atoms with E-state index in [1.165, 1.54) is 12.1 Å². The first-order chi connectivity index (χ1) is 23.3. The zero-order valence-corrected chi connectivity index (χ0v) is 26.9. The fraction of sp³-hybridized carbons (Fsp3) is 0.741. The van der Waals surface area contributed by atoms with E-state index in [0.29, 0.717) is 0 Å². The minimum absolute atomic E-state index is 0.0671. The van der Waals surface area contributed by atoms with Gasteiger partial charge in [-0.25, -0.2) is 4.79 Å². The summed E-state index contributed by atoms with van der Waals surface area (Å²) in [6.07, 6.45) is -12.2. The molecule has 0 saturated heterocycles. The van der Waals surface area contributed by atoms with Crippen molar-refractivity contribution in [1.29, 1.82) is 0 Å². The van der Waals surface area contributed by atoms with Crippen LogP contribution in [0.15, 0.2) is 24.3 Å². The first kappa shape index (κ1) is 57.0. The molecule has 1 aromatic carbocycles. The van der Waals surface area contributed by atoms with Gasteiger partial charge in [0.25, 0.3) is 0 Å². The number of aromatic carboxylic acids is 1. The molecule has 1 aromatic rings. The highest BCUT2D eigenvalue weighted by molar-refractivity contribution is 5.90. The number of hydrogen-bond acceptors (Lipinski definition) is 22. The summed E-state index contributed by atoms with van der Waals surface area (Å²) < 4.78 is 0. The summed E-state index contributed by atoms with van der Waals surface area (Å²) in [6, 6.07) is 5.81. The Labute approximate surface area is 286 Å². The maximum Gasteiger partial charge on any atom is 0.339 e. The van der Waals surface area contributed by atoms with E-state index in [2.05, 4.69) is 0 Å². The van der Waals surface area contributed by atoms with Gasteiger partial charge < -0.3 is 112 Å². The van der Waals surface area contributed by atoms with Crippen molar-refractivity contribution in [3.05, 3.63) is 29.8 Å². The summed E-state index contributed by atoms with van der Waals surface area (Å²) in [7, 11) is 0. The molecule has 50 heavy (non-hydrogen) atoms. The second-order valence-corrected chi connectivity index (χ2v) is 9.32. The molecule has 0 fully saturated rings. The Morgan fingerprint density at radius 1 is 0.380 bits per heavy atom. The fourth-order valence-electron chi connectivity index (χ4n) is 1.87. The van der Waals surface area contributed by atoms with Crippen LogP contribution in [0.3, 0.4) is 0 Å². The van der Waals surface area contributed by atoms with Gasteiger partial charge in [0.05, 0.1) is 66.1 Å². The Morgan fingerprint density at radius 3 is 0.640 bits per heavy atom. The van der Waals surface area contributed by atoms with Gasteiger partial charge in [0.2, 0.25) is 0 Å². The predicted molar refractivity (Wildman–Crippen MR) is 166 cm³/mol. The van der Waals surface area contributed by atoms with Crippen molar-refractivity contribution in [3.63, 3.8) is 0 Å². The lowest BCUT2D eigenvalue weighted by atomic mass is 10.2. The van der Waals surface area contributed by atoms with E-state index in [1.807, 2.05) is 0 Å². The average molecular weight is 749 g/mol. The Kier molecular flexibility index (Phi) is 43.3. The Morgan fingerprint density at radius 2 is 0.540 bits per heavy atom. The maximum atomic E-state index is 10.3. The van der Waals surface area contributed by atoms with E-state index in [-0.39, 0.29) is 11.3 Å². The van der Waals surface area contributed by atoms with Crippen LogP contribution in [0.25, 0.3) is 0 Å². The van der Waals surface area contributed by atoms with Crippen LogP contribution in [0, 0.1) is 0 Å². The van der Waals surface area contributed by atoms with Crippen molar-refractivity contribution in [2.45, 2.75) is 61.0 Å². The normalized spacial score (nSPS) is 16.2. The number of carbonyl (C=O) groups is 1. The van der Waals surface area contributed by atoms with Gasteiger partial charge in [0.1, 0.15) is 72.4 Å². The van der Waals surface area contributed by atoms with E-state index in [0.717, 1.165) is 0 Å². The van der Waals surface area contributed by atoms with Gasteiger partial charge in [-0.1, -0.05) is 12.1 Å². The Balaban J connectivity index is -0.000000162. The summed E-state index contributed by atoms with van der Waals surface area (Å²) in [4.78, 5) is 10.3. The quantitative estimate of drug-likeness (QED) is 0.0746. The lowest BCUT2D eigenvalue weighted by molar-refractivity contribution is -0.0388. The fourth-order valence-corrected chi connectivity index (χ4v) is 1.87. The molecule has 1 rings (SSSR count). The number of para-hydroxylation sites is 1. The van der Waals surface area contributed by atoms with Gasteiger partial charge >= 0.3 is 5.97 Å². The smallest absolute Gasteiger partial charge is 0.339 e. The summed E-state index contributed by atoms with van der Waals surface area (Å²) in [5, 5.41) is 183. The van der Waals surface area contributed by atoms with Crippen molar-refractivity contribution in [2.24, 2.45) is 0 Å². The standard InChI is InChI=1S/C7H6O3.5C4H10O4/c8-6-4-2-1-3-5(6)7(9)10;5*5-1-3(7)4(8)2-6/h1-4,8H,(H,9,10);5*3-8H,1-2H2/t;5*3-,4+. The molecule has 0 spiro atoms. The first-order valence-electron chi connectivity index (χ1n) is 14.2. The van der Waals surface area contributed by atoms with Gasteiger partial charge in [0.15, 0.2) is 0 Å². The number of carboxylic acid groups (broad SMARTS) is 1. The number of aliphatic hydroxyl groups excluding tert-OH is 20. The van der Waals surface area contributed by atoms with Gasteiger partial charge in [-0.2, -0.15) is 0 Å². The molecular formula is C27H56O23. The van der Waals surface area contributed by atoms with Gasteiger partial charge in [-0.05, 0) is 12.1 Å². The van der Waals surface area contributed by atoms with Gasteiger partial charge in [0, 0.05) is 0 Å². The van der Waals surface area contributed by atoms with Crippen LogP contribution in [-0.4, -0.2) is 245 Å². The Bertz CT molecular complexity index is 721. The van der Waals surface area contributed by atoms with Crippen LogP contribution in [0.4, 0.5) is 0 Å². The third kappa shape index (κ3) is 32.9. The third-order valence-corrected chi connectivity index (χ3v) is 5.23. The molecule has 23 heteroatoms. The van der Waals surface area contributed by atoms with Crippen LogP contribution in [0.5, 0.6) is 5.75 Å². The largest absolute Gasteiger partial charge is 0.507 e. The molecule has 23 nitrogen and oxygen atoms in total. The van der Waals surface area contributed by atoms with Gasteiger partial charge in [-0.15, -0.1) is 0 Å². The molecule has 0 saturated carbocycles. The van der Waals surface area contributed by atoms with Crippen LogP contribution < -0.4 is 0 Å². The van der Waals surface area contributed by atoms with E-state index in [1.54, 1.807) is 12.1 Å². The summed E-state index contributed by atoms with van der Waals surface area (Å²) in [5.41, 5.74) is -0.0671. The highest BCUT2D eigenvalue weighted by atomic mass is 16.4. The van der Waals surface area contributed by atoms with E-state index in [4.69, 9.17) is 112 Å². The number of carboxylic acids is 1. The molecule has 0 radical (unpaired) electrons. The highest BCUT2D eigenvalue weighted by Gasteiger charge is 2.15. The number of phenols is 1. The molecule has 0 aliphatic rings. The summed E-state index contributed by atoms with van der Waals surface area (Å²) >= 11 is 0. The molecule has 0 heterocycles. The molecular weight excluding hydrogens is 692 g/mol. The molecule has 0 amide bonds. The highest BCUT2D eigenvalue weighted by Crippen LogP contribution is 2.14. The number of rotatable bonds is 16. The third-order valence-electron chi connectivity index (χ3n) is 5.23.